The highest BCUT2D eigenvalue weighted by Gasteiger charge is 2.41. The van der Waals surface area contributed by atoms with Gasteiger partial charge in [-0.25, -0.2) is 4.98 Å². The monoisotopic (exact) mass is 199 g/mol. The molecule has 0 radical (unpaired) electrons. The van der Waals surface area contributed by atoms with Crippen molar-refractivity contribution in [3.8, 4) is 11.3 Å². The molecule has 3 heteroatoms. The zero-order chi connectivity index (χ0) is 10.3. The maximum atomic E-state index is 6.24. The first kappa shape index (κ1) is 8.68. The Kier molecular flexibility index (Phi) is 1.70. The van der Waals surface area contributed by atoms with E-state index in [1.165, 1.54) is 11.1 Å². The fourth-order valence-corrected chi connectivity index (χ4v) is 1.96. The van der Waals surface area contributed by atoms with Crippen LogP contribution in [0.4, 0.5) is 0 Å². The first-order chi connectivity index (χ1) is 7.30. The van der Waals surface area contributed by atoms with E-state index in [1.807, 2.05) is 18.3 Å². The second kappa shape index (κ2) is 2.94. The van der Waals surface area contributed by atoms with Gasteiger partial charge in [-0.3, -0.25) is 0 Å². The maximum Gasteiger partial charge on any atom is 0.0924 e. The number of imidazole rings is 1. The van der Waals surface area contributed by atoms with Gasteiger partial charge in [-0.05, 0) is 18.4 Å². The van der Waals surface area contributed by atoms with Gasteiger partial charge in [0.1, 0.15) is 0 Å². The number of benzene rings is 1. The first-order valence-corrected chi connectivity index (χ1v) is 5.17. The molecule has 1 aliphatic rings. The van der Waals surface area contributed by atoms with Crippen LogP contribution in [0.1, 0.15) is 18.4 Å². The molecule has 0 aliphatic heterocycles. The van der Waals surface area contributed by atoms with Gasteiger partial charge in [-0.15, -0.1) is 0 Å². The van der Waals surface area contributed by atoms with Crippen LogP contribution in [-0.2, 0) is 5.54 Å². The van der Waals surface area contributed by atoms with Crippen LogP contribution in [0.25, 0.3) is 11.3 Å². The maximum absolute atomic E-state index is 6.24. The summed E-state index contributed by atoms with van der Waals surface area (Å²) in [5, 5.41) is 0. The van der Waals surface area contributed by atoms with Crippen molar-refractivity contribution in [2.75, 3.05) is 0 Å². The van der Waals surface area contributed by atoms with Crippen molar-refractivity contribution in [2.45, 2.75) is 18.4 Å². The lowest BCUT2D eigenvalue weighted by Gasteiger charge is -2.13. The van der Waals surface area contributed by atoms with E-state index in [1.54, 1.807) is 6.33 Å². The average Bonchev–Trinajstić information content (AvgIpc) is 2.84. The van der Waals surface area contributed by atoms with Crippen LogP contribution in [0, 0.1) is 0 Å². The van der Waals surface area contributed by atoms with Gasteiger partial charge in [0.2, 0.25) is 0 Å². The van der Waals surface area contributed by atoms with Crippen molar-refractivity contribution in [1.82, 2.24) is 9.97 Å². The van der Waals surface area contributed by atoms with Crippen molar-refractivity contribution in [1.29, 1.82) is 0 Å². The molecule has 2 aromatic rings. The molecule has 3 N–H and O–H groups in total. The standard InChI is InChI=1S/C12H13N3/c13-12(5-6-12)10-4-2-1-3-9(10)11-7-14-8-15-11/h1-4,7-8H,5-6,13H2,(H,14,15). The summed E-state index contributed by atoms with van der Waals surface area (Å²) < 4.78 is 0. The lowest BCUT2D eigenvalue weighted by atomic mass is 9.97. The second-order valence-corrected chi connectivity index (χ2v) is 4.17. The average molecular weight is 199 g/mol. The van der Waals surface area contributed by atoms with E-state index >= 15 is 0 Å². The summed E-state index contributed by atoms with van der Waals surface area (Å²) in [6.45, 7) is 0. The molecule has 1 fully saturated rings. The smallest absolute Gasteiger partial charge is 0.0924 e. The minimum Gasteiger partial charge on any atom is -0.345 e. The van der Waals surface area contributed by atoms with Crippen LogP contribution in [0.3, 0.4) is 0 Å². The van der Waals surface area contributed by atoms with E-state index in [2.05, 4.69) is 22.1 Å². The Morgan fingerprint density at radius 1 is 1.27 bits per heavy atom. The van der Waals surface area contributed by atoms with Gasteiger partial charge in [-0.2, -0.15) is 0 Å². The molecule has 0 unspecified atom stereocenters. The van der Waals surface area contributed by atoms with Crippen LogP contribution in [-0.4, -0.2) is 9.97 Å². The molecular formula is C12H13N3. The number of H-pyrrole nitrogens is 1. The molecule has 1 heterocycles. The largest absolute Gasteiger partial charge is 0.345 e. The van der Waals surface area contributed by atoms with Crippen molar-refractivity contribution in [3.05, 3.63) is 42.4 Å². The SMILES string of the molecule is NC1(c2ccccc2-c2cnc[nH]2)CC1. The normalized spacial score (nSPS) is 17.7. The molecule has 1 aliphatic carbocycles. The Bertz CT molecular complexity index is 469. The third-order valence-corrected chi connectivity index (χ3v) is 3.04. The number of aromatic amines is 1. The molecule has 0 spiro atoms. The lowest BCUT2D eigenvalue weighted by molar-refractivity contribution is 0.742. The summed E-state index contributed by atoms with van der Waals surface area (Å²) in [5.41, 5.74) is 9.60. The molecule has 3 rings (SSSR count). The minimum atomic E-state index is -0.0955. The summed E-state index contributed by atoms with van der Waals surface area (Å²) >= 11 is 0. The quantitative estimate of drug-likeness (QED) is 0.777. The second-order valence-electron chi connectivity index (χ2n) is 4.17. The topological polar surface area (TPSA) is 54.7 Å². The number of rotatable bonds is 2. The Morgan fingerprint density at radius 2 is 2.07 bits per heavy atom. The summed E-state index contributed by atoms with van der Waals surface area (Å²) in [7, 11) is 0. The molecule has 3 nitrogen and oxygen atoms in total. The Balaban J connectivity index is 2.15. The van der Waals surface area contributed by atoms with Crippen molar-refractivity contribution < 1.29 is 0 Å². The van der Waals surface area contributed by atoms with Gasteiger partial charge in [0.15, 0.2) is 0 Å². The lowest BCUT2D eigenvalue weighted by Crippen LogP contribution is -2.19. The van der Waals surface area contributed by atoms with Gasteiger partial charge >= 0.3 is 0 Å². The number of nitrogens with two attached hydrogens (primary N) is 1. The van der Waals surface area contributed by atoms with Gasteiger partial charge in [0.05, 0.1) is 18.2 Å². The van der Waals surface area contributed by atoms with Crippen molar-refractivity contribution in [2.24, 2.45) is 5.73 Å². The van der Waals surface area contributed by atoms with Crippen LogP contribution < -0.4 is 5.73 Å². The van der Waals surface area contributed by atoms with E-state index in [0.29, 0.717) is 0 Å². The Morgan fingerprint density at radius 3 is 2.73 bits per heavy atom. The van der Waals surface area contributed by atoms with E-state index < -0.39 is 0 Å². The highest BCUT2D eigenvalue weighted by molar-refractivity contribution is 5.65. The molecule has 76 valence electrons. The fourth-order valence-electron chi connectivity index (χ4n) is 1.96. The Labute approximate surface area is 88.3 Å². The predicted octanol–water partition coefficient (Wildman–Crippen LogP) is 2.02. The molecule has 0 amide bonds. The van der Waals surface area contributed by atoms with Crippen molar-refractivity contribution >= 4 is 0 Å². The van der Waals surface area contributed by atoms with Crippen LogP contribution in [0.2, 0.25) is 0 Å². The summed E-state index contributed by atoms with van der Waals surface area (Å²) in [4.78, 5) is 7.17. The molecule has 15 heavy (non-hydrogen) atoms. The zero-order valence-electron chi connectivity index (χ0n) is 8.40. The predicted molar refractivity (Wildman–Crippen MR) is 59.1 cm³/mol. The highest BCUT2D eigenvalue weighted by atomic mass is 14.9. The van der Waals surface area contributed by atoms with Gasteiger partial charge in [-0.1, -0.05) is 24.3 Å². The van der Waals surface area contributed by atoms with Crippen molar-refractivity contribution in [3.63, 3.8) is 0 Å². The first-order valence-electron chi connectivity index (χ1n) is 5.17. The zero-order valence-corrected chi connectivity index (χ0v) is 8.40. The number of aromatic nitrogens is 2. The van der Waals surface area contributed by atoms with Crippen LogP contribution in [0.15, 0.2) is 36.8 Å². The summed E-state index contributed by atoms with van der Waals surface area (Å²) in [6, 6.07) is 8.28. The number of nitrogens with zero attached hydrogens (tertiary/aromatic N) is 1. The summed E-state index contributed by atoms with van der Waals surface area (Å²) in [6.07, 6.45) is 5.70. The van der Waals surface area contributed by atoms with E-state index in [0.717, 1.165) is 18.5 Å². The minimum absolute atomic E-state index is 0.0955. The molecule has 1 aromatic carbocycles. The van der Waals surface area contributed by atoms with E-state index in [4.69, 9.17) is 5.73 Å². The number of hydrogen-bond acceptors (Lipinski definition) is 2. The van der Waals surface area contributed by atoms with Gasteiger partial charge in [0, 0.05) is 11.1 Å². The molecular weight excluding hydrogens is 186 g/mol. The fraction of sp³-hybridized carbons (Fsp3) is 0.250. The highest BCUT2D eigenvalue weighted by Crippen LogP contribution is 2.45. The molecule has 1 saturated carbocycles. The van der Waals surface area contributed by atoms with Gasteiger partial charge in [0.25, 0.3) is 0 Å². The van der Waals surface area contributed by atoms with Crippen LogP contribution >= 0.6 is 0 Å². The molecule has 0 atom stereocenters. The van der Waals surface area contributed by atoms with E-state index in [9.17, 15) is 0 Å². The third-order valence-electron chi connectivity index (χ3n) is 3.04. The van der Waals surface area contributed by atoms with E-state index in [-0.39, 0.29) is 5.54 Å². The van der Waals surface area contributed by atoms with Crippen LogP contribution in [0.5, 0.6) is 0 Å². The number of nitrogens with one attached hydrogen (secondary N) is 1. The van der Waals surface area contributed by atoms with Gasteiger partial charge < -0.3 is 10.7 Å². The third kappa shape index (κ3) is 1.36. The Hall–Kier alpha value is -1.61. The number of hydrogen-bond donors (Lipinski definition) is 2. The molecule has 1 aromatic heterocycles. The summed E-state index contributed by atoms with van der Waals surface area (Å²) in [5.74, 6) is 0. The molecule has 0 saturated heterocycles. The molecule has 0 bridgehead atoms.